The average molecular weight is 328 g/mol. The predicted octanol–water partition coefficient (Wildman–Crippen LogP) is 4.86. The summed E-state index contributed by atoms with van der Waals surface area (Å²) in [6, 6.07) is 14.4. The van der Waals surface area contributed by atoms with Crippen molar-refractivity contribution in [3.8, 4) is 0 Å². The lowest BCUT2D eigenvalue weighted by molar-refractivity contribution is -0.120. The summed E-state index contributed by atoms with van der Waals surface area (Å²) in [6.45, 7) is 4.70. The molecule has 24 heavy (non-hydrogen) atoms. The zero-order chi connectivity index (χ0) is 17.4. The van der Waals surface area contributed by atoms with E-state index >= 15 is 0 Å². The standard InChI is InChI=1S/C20H25FN2O/c1-3-15(4-2)20(24)23-18-11-9-17(10-12-18)22-14-13-16-7-5-6-8-19(16)21/h5-12,15,22H,3-4,13-14H2,1-2H3,(H,23,24). The first-order valence-electron chi connectivity index (χ1n) is 8.52. The summed E-state index contributed by atoms with van der Waals surface area (Å²) in [5.74, 6) is -0.0393. The Labute approximate surface area is 143 Å². The summed E-state index contributed by atoms with van der Waals surface area (Å²) < 4.78 is 13.5. The third kappa shape index (κ3) is 5.08. The van der Waals surface area contributed by atoms with Gasteiger partial charge in [0.2, 0.25) is 5.91 Å². The molecule has 0 aliphatic carbocycles. The average Bonchev–Trinajstić information content (AvgIpc) is 2.59. The van der Waals surface area contributed by atoms with Crippen LogP contribution in [0.1, 0.15) is 32.3 Å². The highest BCUT2D eigenvalue weighted by molar-refractivity contribution is 5.92. The number of halogens is 1. The van der Waals surface area contributed by atoms with Gasteiger partial charge in [0.1, 0.15) is 5.82 Å². The molecule has 0 aliphatic rings. The molecule has 0 bridgehead atoms. The zero-order valence-electron chi connectivity index (χ0n) is 14.3. The second kappa shape index (κ2) is 9.06. The minimum Gasteiger partial charge on any atom is -0.385 e. The SMILES string of the molecule is CCC(CC)C(=O)Nc1ccc(NCCc2ccccc2F)cc1. The second-order valence-corrected chi connectivity index (χ2v) is 5.85. The molecule has 4 heteroatoms. The van der Waals surface area contributed by atoms with Gasteiger partial charge in [-0.15, -0.1) is 0 Å². The van der Waals surface area contributed by atoms with Crippen molar-refractivity contribution < 1.29 is 9.18 Å². The van der Waals surface area contributed by atoms with Crippen LogP contribution in [0.4, 0.5) is 15.8 Å². The van der Waals surface area contributed by atoms with Gasteiger partial charge in [-0.05, 0) is 55.2 Å². The predicted molar refractivity (Wildman–Crippen MR) is 97.7 cm³/mol. The van der Waals surface area contributed by atoms with E-state index in [0.29, 0.717) is 18.5 Å². The quantitative estimate of drug-likeness (QED) is 0.727. The number of hydrogen-bond donors (Lipinski definition) is 2. The first-order chi connectivity index (χ1) is 11.6. The molecule has 128 valence electrons. The molecule has 3 nitrogen and oxygen atoms in total. The molecule has 0 unspecified atom stereocenters. The number of anilines is 2. The highest BCUT2D eigenvalue weighted by Crippen LogP contribution is 2.17. The minimum atomic E-state index is -0.168. The summed E-state index contributed by atoms with van der Waals surface area (Å²) in [5.41, 5.74) is 2.46. The van der Waals surface area contributed by atoms with Crippen molar-refractivity contribution in [3.05, 3.63) is 59.9 Å². The molecule has 0 aromatic heterocycles. The molecule has 0 atom stereocenters. The minimum absolute atomic E-state index is 0.0589. The third-order valence-electron chi connectivity index (χ3n) is 4.19. The van der Waals surface area contributed by atoms with E-state index < -0.39 is 0 Å². The van der Waals surface area contributed by atoms with Gasteiger partial charge in [-0.1, -0.05) is 32.0 Å². The Morgan fingerprint density at radius 3 is 2.25 bits per heavy atom. The van der Waals surface area contributed by atoms with Crippen molar-refractivity contribution >= 4 is 17.3 Å². The normalized spacial score (nSPS) is 10.7. The summed E-state index contributed by atoms with van der Waals surface area (Å²) in [4.78, 5) is 12.1. The molecule has 0 fully saturated rings. The molecule has 0 aliphatic heterocycles. The van der Waals surface area contributed by atoms with Crippen LogP contribution in [0.25, 0.3) is 0 Å². The van der Waals surface area contributed by atoms with Crippen LogP contribution in [0.3, 0.4) is 0 Å². The van der Waals surface area contributed by atoms with E-state index in [-0.39, 0.29) is 17.6 Å². The monoisotopic (exact) mass is 328 g/mol. The van der Waals surface area contributed by atoms with Gasteiger partial charge < -0.3 is 10.6 Å². The van der Waals surface area contributed by atoms with Crippen molar-refractivity contribution in [1.29, 1.82) is 0 Å². The molecule has 2 N–H and O–H groups in total. The van der Waals surface area contributed by atoms with E-state index in [4.69, 9.17) is 0 Å². The molecule has 0 radical (unpaired) electrons. The lowest BCUT2D eigenvalue weighted by atomic mass is 10.0. The number of carbonyl (C=O) groups excluding carboxylic acids is 1. The van der Waals surface area contributed by atoms with Crippen molar-refractivity contribution in [3.63, 3.8) is 0 Å². The highest BCUT2D eigenvalue weighted by Gasteiger charge is 2.13. The number of hydrogen-bond acceptors (Lipinski definition) is 2. The van der Waals surface area contributed by atoms with Gasteiger partial charge in [-0.25, -0.2) is 4.39 Å². The van der Waals surface area contributed by atoms with Crippen molar-refractivity contribution in [2.45, 2.75) is 33.1 Å². The van der Waals surface area contributed by atoms with Crippen molar-refractivity contribution in [2.75, 3.05) is 17.2 Å². The summed E-state index contributed by atoms with van der Waals surface area (Å²) in [7, 11) is 0. The van der Waals surface area contributed by atoms with Crippen LogP contribution in [0.15, 0.2) is 48.5 Å². The molecular formula is C20H25FN2O. The van der Waals surface area contributed by atoms with Gasteiger partial charge in [0.05, 0.1) is 0 Å². The summed E-state index contributed by atoms with van der Waals surface area (Å²) in [5, 5.41) is 6.21. The fourth-order valence-electron chi connectivity index (χ4n) is 2.62. The Morgan fingerprint density at radius 2 is 1.62 bits per heavy atom. The molecule has 2 aromatic carbocycles. The third-order valence-corrected chi connectivity index (χ3v) is 4.19. The van der Waals surface area contributed by atoms with Gasteiger partial charge in [0.25, 0.3) is 0 Å². The lowest BCUT2D eigenvalue weighted by Crippen LogP contribution is -2.21. The molecule has 1 amide bonds. The van der Waals surface area contributed by atoms with E-state index in [1.54, 1.807) is 12.1 Å². The van der Waals surface area contributed by atoms with Gasteiger partial charge in [-0.2, -0.15) is 0 Å². The molecule has 2 rings (SSSR count). The van der Waals surface area contributed by atoms with E-state index in [1.807, 2.05) is 44.2 Å². The highest BCUT2D eigenvalue weighted by atomic mass is 19.1. The molecule has 0 saturated heterocycles. The van der Waals surface area contributed by atoms with E-state index in [9.17, 15) is 9.18 Å². The lowest BCUT2D eigenvalue weighted by Gasteiger charge is -2.13. The fourth-order valence-corrected chi connectivity index (χ4v) is 2.62. The number of carbonyl (C=O) groups is 1. The Kier molecular flexibility index (Phi) is 6.79. The Hall–Kier alpha value is -2.36. The van der Waals surface area contributed by atoms with Gasteiger partial charge in [-0.3, -0.25) is 4.79 Å². The Balaban J connectivity index is 1.84. The van der Waals surface area contributed by atoms with E-state index in [2.05, 4.69) is 10.6 Å². The van der Waals surface area contributed by atoms with Gasteiger partial charge in [0, 0.05) is 23.8 Å². The Bertz CT molecular complexity index is 651. The fraction of sp³-hybridized carbons (Fsp3) is 0.350. The Morgan fingerprint density at radius 1 is 1.00 bits per heavy atom. The number of benzene rings is 2. The number of nitrogens with one attached hydrogen (secondary N) is 2. The largest absolute Gasteiger partial charge is 0.385 e. The molecular weight excluding hydrogens is 303 g/mol. The summed E-state index contributed by atoms with van der Waals surface area (Å²) in [6.07, 6.45) is 2.32. The molecule has 0 spiro atoms. The van der Waals surface area contributed by atoms with Crippen LogP contribution in [-0.4, -0.2) is 12.5 Å². The summed E-state index contributed by atoms with van der Waals surface area (Å²) >= 11 is 0. The maximum absolute atomic E-state index is 13.5. The smallest absolute Gasteiger partial charge is 0.227 e. The second-order valence-electron chi connectivity index (χ2n) is 5.85. The van der Waals surface area contributed by atoms with Crippen LogP contribution in [0.2, 0.25) is 0 Å². The van der Waals surface area contributed by atoms with Crippen molar-refractivity contribution in [1.82, 2.24) is 0 Å². The van der Waals surface area contributed by atoms with E-state index in [0.717, 1.165) is 24.2 Å². The maximum atomic E-state index is 13.5. The van der Waals surface area contributed by atoms with Crippen LogP contribution < -0.4 is 10.6 Å². The maximum Gasteiger partial charge on any atom is 0.227 e. The first-order valence-corrected chi connectivity index (χ1v) is 8.52. The topological polar surface area (TPSA) is 41.1 Å². The molecule has 2 aromatic rings. The molecule has 0 heterocycles. The first kappa shape index (κ1) is 18.0. The van der Waals surface area contributed by atoms with Gasteiger partial charge >= 0.3 is 0 Å². The zero-order valence-corrected chi connectivity index (χ0v) is 14.3. The van der Waals surface area contributed by atoms with Crippen LogP contribution in [0.5, 0.6) is 0 Å². The van der Waals surface area contributed by atoms with Crippen molar-refractivity contribution in [2.24, 2.45) is 5.92 Å². The number of rotatable bonds is 8. The van der Waals surface area contributed by atoms with Crippen LogP contribution >= 0.6 is 0 Å². The van der Waals surface area contributed by atoms with E-state index in [1.165, 1.54) is 6.07 Å². The molecule has 0 saturated carbocycles. The van der Waals surface area contributed by atoms with Crippen LogP contribution in [-0.2, 0) is 11.2 Å². The van der Waals surface area contributed by atoms with Crippen LogP contribution in [0, 0.1) is 11.7 Å². The number of amides is 1. The van der Waals surface area contributed by atoms with Gasteiger partial charge in [0.15, 0.2) is 0 Å².